The maximum atomic E-state index is 12.6. The van der Waals surface area contributed by atoms with E-state index in [2.05, 4.69) is 0 Å². The fourth-order valence-electron chi connectivity index (χ4n) is 2.13. The van der Waals surface area contributed by atoms with Crippen LogP contribution >= 0.6 is 0 Å². The van der Waals surface area contributed by atoms with Crippen LogP contribution in [0.2, 0.25) is 0 Å². The first kappa shape index (κ1) is 22.4. The molecule has 0 aliphatic rings. The van der Waals surface area contributed by atoms with Crippen LogP contribution in [0.4, 0.5) is 5.69 Å². The van der Waals surface area contributed by atoms with Crippen LogP contribution in [0, 0.1) is 0 Å². The molecule has 0 amide bonds. The molecule has 2 rings (SSSR count). The molecular weight excluding hydrogens is 312 g/mol. The summed E-state index contributed by atoms with van der Waals surface area (Å²) < 4.78 is 0. The minimum absolute atomic E-state index is 0. The Morgan fingerprint density at radius 1 is 0.957 bits per heavy atom. The van der Waals surface area contributed by atoms with Crippen molar-refractivity contribution in [2.75, 3.05) is 18.5 Å². The van der Waals surface area contributed by atoms with Gasteiger partial charge < -0.3 is 10.0 Å². The zero-order chi connectivity index (χ0) is 15.2. The molecule has 0 atom stereocenters. The molecule has 0 bridgehead atoms. The first-order chi connectivity index (χ1) is 10.1. The van der Waals surface area contributed by atoms with E-state index in [1.54, 1.807) is 30.1 Å². The van der Waals surface area contributed by atoms with Gasteiger partial charge >= 0.3 is 65.1 Å². The first-order valence-electron chi connectivity index (χ1n) is 6.71. The molecule has 2 aromatic carbocycles. The second-order valence-electron chi connectivity index (χ2n) is 4.78. The molecule has 23 heavy (non-hydrogen) atoms. The minimum atomic E-state index is -0.853. The van der Waals surface area contributed by atoms with Gasteiger partial charge in [0.25, 0.3) is 0 Å². The van der Waals surface area contributed by atoms with E-state index in [4.69, 9.17) is 5.11 Å². The summed E-state index contributed by atoms with van der Waals surface area (Å²) in [4.78, 5) is 25.0. The van der Waals surface area contributed by atoms with Gasteiger partial charge in [-0.2, -0.15) is 0 Å². The van der Waals surface area contributed by atoms with Crippen LogP contribution in [-0.4, -0.2) is 89.6 Å². The summed E-state index contributed by atoms with van der Waals surface area (Å²) in [5, 5.41) is 8.77. The Morgan fingerprint density at radius 2 is 1.52 bits per heavy atom. The molecule has 4 nitrogen and oxygen atoms in total. The number of anilines is 1. The summed E-state index contributed by atoms with van der Waals surface area (Å²) in [6.45, 7) is 0.356. The van der Waals surface area contributed by atoms with Crippen LogP contribution < -0.4 is 4.90 Å². The van der Waals surface area contributed by atoms with Crippen LogP contribution in [0.25, 0.3) is 0 Å². The van der Waals surface area contributed by atoms with E-state index in [1.165, 1.54) is 0 Å². The van der Waals surface area contributed by atoms with Gasteiger partial charge in [-0.15, -0.1) is 0 Å². The SMILES string of the molecule is CN(CCC(=O)O)c1ccccc1C(=O)c1ccccc1.[NaH].[NaH]. The summed E-state index contributed by atoms with van der Waals surface area (Å²) in [5.74, 6) is -0.915. The van der Waals surface area contributed by atoms with Crippen molar-refractivity contribution in [1.29, 1.82) is 0 Å². The van der Waals surface area contributed by atoms with Gasteiger partial charge in [0.2, 0.25) is 0 Å². The Bertz CT molecular complexity index is 647. The van der Waals surface area contributed by atoms with E-state index in [-0.39, 0.29) is 71.3 Å². The fourth-order valence-corrected chi connectivity index (χ4v) is 2.13. The third kappa shape index (κ3) is 6.42. The van der Waals surface area contributed by atoms with Gasteiger partial charge in [-0.3, -0.25) is 9.59 Å². The normalized spacial score (nSPS) is 9.26. The second-order valence-corrected chi connectivity index (χ2v) is 4.78. The van der Waals surface area contributed by atoms with Gasteiger partial charge in [-0.25, -0.2) is 0 Å². The summed E-state index contributed by atoms with van der Waals surface area (Å²) in [7, 11) is 1.79. The molecule has 0 aliphatic carbocycles. The van der Waals surface area contributed by atoms with E-state index in [0.717, 1.165) is 5.69 Å². The van der Waals surface area contributed by atoms with Crippen LogP contribution in [-0.2, 0) is 4.79 Å². The van der Waals surface area contributed by atoms with Gasteiger partial charge in [0.1, 0.15) is 0 Å². The van der Waals surface area contributed by atoms with Gasteiger partial charge in [0.05, 0.1) is 6.42 Å². The average molecular weight is 331 g/mol. The van der Waals surface area contributed by atoms with Gasteiger partial charge in [-0.1, -0.05) is 42.5 Å². The predicted octanol–water partition coefficient (Wildman–Crippen LogP) is 1.53. The zero-order valence-corrected chi connectivity index (χ0v) is 11.8. The Kier molecular flexibility index (Phi) is 10.7. The van der Waals surface area contributed by atoms with Gasteiger partial charge in [0.15, 0.2) is 5.78 Å². The van der Waals surface area contributed by atoms with Crippen molar-refractivity contribution in [3.8, 4) is 0 Å². The molecule has 0 saturated heterocycles. The number of hydrogen-bond donors (Lipinski definition) is 1. The zero-order valence-electron chi connectivity index (χ0n) is 11.8. The van der Waals surface area contributed by atoms with Crippen LogP contribution in [0.5, 0.6) is 0 Å². The van der Waals surface area contributed by atoms with E-state index in [1.807, 2.05) is 36.4 Å². The van der Waals surface area contributed by atoms with Crippen molar-refractivity contribution in [1.82, 2.24) is 0 Å². The number of benzene rings is 2. The van der Waals surface area contributed by atoms with Crippen molar-refractivity contribution >= 4 is 76.6 Å². The van der Waals surface area contributed by atoms with E-state index >= 15 is 0 Å². The molecule has 2 aromatic rings. The fraction of sp³-hybridized carbons (Fsp3) is 0.176. The van der Waals surface area contributed by atoms with Crippen LogP contribution in [0.3, 0.4) is 0 Å². The number of carbonyl (C=O) groups excluding carboxylic acids is 1. The molecule has 6 heteroatoms. The second kappa shape index (κ2) is 11.0. The average Bonchev–Trinajstić information content (AvgIpc) is 2.52. The molecular formula is C17H19NNa2O3. The molecule has 0 heterocycles. The Morgan fingerprint density at radius 3 is 2.13 bits per heavy atom. The number of para-hydroxylation sites is 1. The first-order valence-corrected chi connectivity index (χ1v) is 6.71. The Hall–Kier alpha value is -0.620. The van der Waals surface area contributed by atoms with Gasteiger partial charge in [-0.05, 0) is 12.1 Å². The van der Waals surface area contributed by atoms with Crippen molar-refractivity contribution in [2.45, 2.75) is 6.42 Å². The third-order valence-electron chi connectivity index (χ3n) is 3.26. The number of carboxylic acid groups (broad SMARTS) is 1. The maximum absolute atomic E-state index is 12.6. The number of aliphatic carboxylic acids is 1. The van der Waals surface area contributed by atoms with Gasteiger partial charge in [0, 0.05) is 30.4 Å². The molecule has 0 aromatic heterocycles. The topological polar surface area (TPSA) is 57.6 Å². The molecule has 0 unspecified atom stereocenters. The number of nitrogens with zero attached hydrogens (tertiary/aromatic N) is 1. The van der Waals surface area contributed by atoms with Crippen molar-refractivity contribution in [2.24, 2.45) is 0 Å². The Labute approximate surface area is 180 Å². The standard InChI is InChI=1S/C17H17NO3.2Na.2H/c1-18(12-11-16(19)20)15-10-6-5-9-14(15)17(21)13-7-3-2-4-8-13;;;;/h2-10H,11-12H2,1H3,(H,19,20);;;;. The van der Waals surface area contributed by atoms with E-state index in [0.29, 0.717) is 17.7 Å². The van der Waals surface area contributed by atoms with Crippen LogP contribution in [0.15, 0.2) is 54.6 Å². The van der Waals surface area contributed by atoms with Crippen LogP contribution in [0.1, 0.15) is 22.3 Å². The molecule has 112 valence electrons. The summed E-state index contributed by atoms with van der Waals surface area (Å²) >= 11 is 0. The molecule has 1 N–H and O–H groups in total. The Balaban J connectivity index is 0.00000242. The number of carbonyl (C=O) groups is 2. The van der Waals surface area contributed by atoms with E-state index < -0.39 is 5.97 Å². The monoisotopic (exact) mass is 331 g/mol. The quantitative estimate of drug-likeness (QED) is 0.644. The summed E-state index contributed by atoms with van der Waals surface area (Å²) in [5.41, 5.74) is 1.95. The molecule has 0 fully saturated rings. The predicted molar refractivity (Wildman–Crippen MR) is 96.1 cm³/mol. The molecule has 0 spiro atoms. The number of rotatable bonds is 6. The van der Waals surface area contributed by atoms with Crippen molar-refractivity contribution in [3.63, 3.8) is 0 Å². The number of carboxylic acids is 1. The van der Waals surface area contributed by atoms with Crippen molar-refractivity contribution < 1.29 is 14.7 Å². The molecule has 0 saturated carbocycles. The number of hydrogen-bond acceptors (Lipinski definition) is 3. The number of ketones is 1. The molecule has 0 radical (unpaired) electrons. The summed E-state index contributed by atoms with van der Waals surface area (Å²) in [6, 6.07) is 16.3. The molecule has 0 aliphatic heterocycles. The third-order valence-corrected chi connectivity index (χ3v) is 3.26. The summed E-state index contributed by atoms with van der Waals surface area (Å²) in [6.07, 6.45) is 0.0321. The van der Waals surface area contributed by atoms with Crippen molar-refractivity contribution in [3.05, 3.63) is 65.7 Å². The van der Waals surface area contributed by atoms with E-state index in [9.17, 15) is 9.59 Å².